The van der Waals surface area contributed by atoms with Crippen LogP contribution in [0.25, 0.3) is 0 Å². The summed E-state index contributed by atoms with van der Waals surface area (Å²) in [5.74, 6) is -0.161. The van der Waals surface area contributed by atoms with Crippen molar-refractivity contribution in [2.24, 2.45) is 5.41 Å². The van der Waals surface area contributed by atoms with Crippen molar-refractivity contribution in [3.05, 3.63) is 58.0 Å². The zero-order valence-corrected chi connectivity index (χ0v) is 16.2. The van der Waals surface area contributed by atoms with Crippen molar-refractivity contribution in [2.75, 3.05) is 26.2 Å². The summed E-state index contributed by atoms with van der Waals surface area (Å²) in [6.45, 7) is 8.28. The number of nitrogens with zero attached hydrogens (tertiary/aromatic N) is 2. The zero-order valence-electron chi connectivity index (χ0n) is 15.4. The minimum atomic E-state index is -0.700. The third kappa shape index (κ3) is 2.87. The number of carbonyl (C=O) groups is 1. The Morgan fingerprint density at radius 3 is 2.38 bits per heavy atom. The van der Waals surface area contributed by atoms with Gasteiger partial charge in [-0.05, 0) is 29.3 Å². The first-order chi connectivity index (χ1) is 12.4. The predicted molar refractivity (Wildman–Crippen MR) is 103 cm³/mol. The maximum absolute atomic E-state index is 14.5. The topological polar surface area (TPSA) is 23.6 Å². The molecule has 4 rings (SSSR count). The standard InChI is InChI=1S/C21H25FN2OS/c1-20(2)15-21(20,17-7-3-4-8-18(17)22)19(25)24-11-9-23(10-12-24)14-16-6-5-13-26-16/h3-8,13H,9-12,14-15H2,1-2H3/t21-/m0/s1. The summed E-state index contributed by atoms with van der Waals surface area (Å²) in [6, 6.07) is 11.0. The Balaban J connectivity index is 1.48. The highest BCUT2D eigenvalue weighted by molar-refractivity contribution is 7.09. The molecule has 5 heteroatoms. The van der Waals surface area contributed by atoms with Gasteiger partial charge >= 0.3 is 0 Å². The summed E-state index contributed by atoms with van der Waals surface area (Å²) >= 11 is 1.77. The molecule has 138 valence electrons. The second-order valence-electron chi connectivity index (χ2n) is 8.09. The smallest absolute Gasteiger partial charge is 0.233 e. The summed E-state index contributed by atoms with van der Waals surface area (Å²) < 4.78 is 14.5. The van der Waals surface area contributed by atoms with Crippen LogP contribution in [0.15, 0.2) is 41.8 Å². The fraction of sp³-hybridized carbons (Fsp3) is 0.476. The molecule has 1 saturated carbocycles. The molecule has 2 heterocycles. The molecule has 1 aliphatic heterocycles. The predicted octanol–water partition coefficient (Wildman–Crippen LogP) is 3.90. The molecule has 1 aliphatic carbocycles. The summed E-state index contributed by atoms with van der Waals surface area (Å²) in [6.07, 6.45) is 0.717. The molecule has 0 bridgehead atoms. The molecule has 0 radical (unpaired) electrons. The fourth-order valence-corrected chi connectivity index (χ4v) is 5.11. The second-order valence-corrected chi connectivity index (χ2v) is 9.13. The lowest BCUT2D eigenvalue weighted by atomic mass is 9.86. The number of halogens is 1. The number of carbonyl (C=O) groups excluding carboxylic acids is 1. The van der Waals surface area contributed by atoms with E-state index in [-0.39, 0.29) is 17.1 Å². The maximum Gasteiger partial charge on any atom is 0.233 e. The van der Waals surface area contributed by atoms with E-state index in [1.165, 1.54) is 10.9 Å². The van der Waals surface area contributed by atoms with E-state index in [2.05, 4.69) is 36.3 Å². The van der Waals surface area contributed by atoms with Crippen molar-refractivity contribution < 1.29 is 9.18 Å². The van der Waals surface area contributed by atoms with Gasteiger partial charge in [-0.25, -0.2) is 4.39 Å². The Hall–Kier alpha value is -1.72. The molecule has 2 fully saturated rings. The first kappa shape index (κ1) is 17.7. The average Bonchev–Trinajstić information content (AvgIpc) is 2.96. The van der Waals surface area contributed by atoms with Gasteiger partial charge in [0.05, 0.1) is 5.41 Å². The fourth-order valence-electron chi connectivity index (χ4n) is 4.37. The van der Waals surface area contributed by atoms with Crippen LogP contribution in [0.1, 0.15) is 30.7 Å². The van der Waals surface area contributed by atoms with Gasteiger partial charge in [0.25, 0.3) is 0 Å². The second kappa shape index (κ2) is 6.46. The lowest BCUT2D eigenvalue weighted by Gasteiger charge is -2.37. The monoisotopic (exact) mass is 372 g/mol. The normalized spacial score (nSPS) is 25.3. The summed E-state index contributed by atoms with van der Waals surface area (Å²) in [5, 5.41) is 2.10. The number of thiophene rings is 1. The molecular weight excluding hydrogens is 347 g/mol. The molecule has 26 heavy (non-hydrogen) atoms. The van der Waals surface area contributed by atoms with E-state index in [4.69, 9.17) is 0 Å². The van der Waals surface area contributed by atoms with Crippen molar-refractivity contribution in [1.82, 2.24) is 9.80 Å². The third-order valence-corrected chi connectivity index (χ3v) is 6.92. The molecule has 1 amide bonds. The van der Waals surface area contributed by atoms with Crippen LogP contribution >= 0.6 is 11.3 Å². The van der Waals surface area contributed by atoms with Gasteiger partial charge in [0, 0.05) is 43.2 Å². The van der Waals surface area contributed by atoms with Crippen LogP contribution in [0.3, 0.4) is 0 Å². The van der Waals surface area contributed by atoms with Gasteiger partial charge in [-0.1, -0.05) is 38.1 Å². The zero-order chi connectivity index (χ0) is 18.4. The van der Waals surface area contributed by atoms with E-state index in [1.807, 2.05) is 11.0 Å². The van der Waals surface area contributed by atoms with Gasteiger partial charge in [-0.15, -0.1) is 11.3 Å². The van der Waals surface area contributed by atoms with Crippen molar-refractivity contribution in [2.45, 2.75) is 32.2 Å². The lowest BCUT2D eigenvalue weighted by molar-refractivity contribution is -0.136. The molecular formula is C21H25FN2OS. The van der Waals surface area contributed by atoms with Crippen LogP contribution in [-0.4, -0.2) is 41.9 Å². The van der Waals surface area contributed by atoms with E-state index in [0.717, 1.165) is 39.1 Å². The van der Waals surface area contributed by atoms with Gasteiger partial charge in [-0.2, -0.15) is 0 Å². The molecule has 1 atom stereocenters. The number of amides is 1. The van der Waals surface area contributed by atoms with Crippen molar-refractivity contribution in [3.8, 4) is 0 Å². The van der Waals surface area contributed by atoms with Crippen LogP contribution in [0.5, 0.6) is 0 Å². The van der Waals surface area contributed by atoms with Gasteiger partial charge in [0.15, 0.2) is 0 Å². The van der Waals surface area contributed by atoms with Gasteiger partial charge < -0.3 is 4.90 Å². The molecule has 1 aromatic heterocycles. The highest BCUT2D eigenvalue weighted by atomic mass is 32.1. The molecule has 1 aromatic carbocycles. The largest absolute Gasteiger partial charge is 0.339 e. The van der Waals surface area contributed by atoms with Crippen molar-refractivity contribution >= 4 is 17.2 Å². The molecule has 3 nitrogen and oxygen atoms in total. The van der Waals surface area contributed by atoms with Crippen LogP contribution in [0.2, 0.25) is 0 Å². The Labute approximate surface area is 158 Å². The summed E-state index contributed by atoms with van der Waals surface area (Å²) in [4.78, 5) is 19.1. The van der Waals surface area contributed by atoms with Crippen LogP contribution in [-0.2, 0) is 16.8 Å². The van der Waals surface area contributed by atoms with Crippen molar-refractivity contribution in [3.63, 3.8) is 0 Å². The van der Waals surface area contributed by atoms with Gasteiger partial charge in [-0.3, -0.25) is 9.69 Å². The Kier molecular flexibility index (Phi) is 4.40. The Bertz CT molecular complexity index is 796. The molecule has 0 spiro atoms. The van der Waals surface area contributed by atoms with Gasteiger partial charge in [0.2, 0.25) is 5.91 Å². The minimum Gasteiger partial charge on any atom is -0.339 e. The SMILES string of the molecule is CC1(C)C[C@@]1(C(=O)N1CCN(Cc2cccs2)CC1)c1ccccc1F. The van der Waals surface area contributed by atoms with E-state index in [1.54, 1.807) is 23.5 Å². The van der Waals surface area contributed by atoms with Gasteiger partial charge in [0.1, 0.15) is 5.82 Å². The summed E-state index contributed by atoms with van der Waals surface area (Å²) in [5.41, 5.74) is -0.328. The Morgan fingerprint density at radius 1 is 1.12 bits per heavy atom. The Morgan fingerprint density at radius 2 is 1.81 bits per heavy atom. The highest BCUT2D eigenvalue weighted by Crippen LogP contribution is 2.65. The van der Waals surface area contributed by atoms with E-state index < -0.39 is 5.41 Å². The average molecular weight is 373 g/mol. The third-order valence-electron chi connectivity index (χ3n) is 6.06. The van der Waals surface area contributed by atoms with E-state index in [0.29, 0.717) is 5.56 Å². The number of hydrogen-bond acceptors (Lipinski definition) is 3. The quantitative estimate of drug-likeness (QED) is 0.813. The van der Waals surface area contributed by atoms with Crippen LogP contribution in [0.4, 0.5) is 4.39 Å². The first-order valence-electron chi connectivity index (χ1n) is 9.23. The number of benzene rings is 1. The first-order valence-corrected chi connectivity index (χ1v) is 10.1. The number of rotatable bonds is 4. The maximum atomic E-state index is 14.5. The summed E-state index contributed by atoms with van der Waals surface area (Å²) in [7, 11) is 0. The molecule has 2 aromatic rings. The molecule has 0 N–H and O–H groups in total. The molecule has 1 saturated heterocycles. The minimum absolute atomic E-state index is 0.100. The highest BCUT2D eigenvalue weighted by Gasteiger charge is 2.68. The van der Waals surface area contributed by atoms with E-state index in [9.17, 15) is 9.18 Å². The van der Waals surface area contributed by atoms with Crippen molar-refractivity contribution in [1.29, 1.82) is 0 Å². The van der Waals surface area contributed by atoms with Crippen LogP contribution < -0.4 is 0 Å². The lowest BCUT2D eigenvalue weighted by Crippen LogP contribution is -2.52. The van der Waals surface area contributed by atoms with Crippen LogP contribution in [0, 0.1) is 11.2 Å². The molecule has 2 aliphatic rings. The van der Waals surface area contributed by atoms with E-state index >= 15 is 0 Å². The molecule has 0 unspecified atom stereocenters. The number of hydrogen-bond donors (Lipinski definition) is 0. The number of piperazine rings is 1.